The Labute approximate surface area is 179 Å². The standard InChI is InChI=1S/C22H21N3O3S2/c1-2-22(26)25-20(21-9-6-14-29-21)15-19(23-25)16-10-12-17(13-11-16)24-30(27,28)18-7-4-3-5-8-18/h3-14,20,24H,2,15H2,1H3/t20-/m1/s1. The summed E-state index contributed by atoms with van der Waals surface area (Å²) in [6.07, 6.45) is 1.01. The third-order valence-corrected chi connectivity index (χ3v) is 7.23. The molecule has 0 bridgehead atoms. The second-order valence-corrected chi connectivity index (χ2v) is 9.53. The lowest BCUT2D eigenvalue weighted by Gasteiger charge is -2.19. The fourth-order valence-electron chi connectivity index (χ4n) is 3.32. The summed E-state index contributed by atoms with van der Waals surface area (Å²) in [6.45, 7) is 1.83. The van der Waals surface area contributed by atoms with E-state index < -0.39 is 10.0 Å². The Morgan fingerprint density at radius 1 is 1.10 bits per heavy atom. The molecule has 0 fully saturated rings. The first-order chi connectivity index (χ1) is 14.5. The lowest BCUT2D eigenvalue weighted by molar-refractivity contribution is -0.132. The zero-order valence-electron chi connectivity index (χ0n) is 16.4. The van der Waals surface area contributed by atoms with E-state index in [2.05, 4.69) is 9.82 Å². The molecule has 6 nitrogen and oxygen atoms in total. The van der Waals surface area contributed by atoms with E-state index in [0.717, 1.165) is 16.2 Å². The van der Waals surface area contributed by atoms with Gasteiger partial charge < -0.3 is 0 Å². The fourth-order valence-corrected chi connectivity index (χ4v) is 5.22. The summed E-state index contributed by atoms with van der Waals surface area (Å²) >= 11 is 1.61. The third-order valence-electron chi connectivity index (χ3n) is 4.86. The molecule has 1 aliphatic rings. The van der Waals surface area contributed by atoms with Crippen LogP contribution in [0.15, 0.2) is 82.1 Å². The first kappa shape index (κ1) is 20.3. The summed E-state index contributed by atoms with van der Waals surface area (Å²) in [5.74, 6) is -0.0179. The average molecular weight is 440 g/mol. The van der Waals surface area contributed by atoms with Crippen molar-refractivity contribution >= 4 is 38.7 Å². The molecule has 0 radical (unpaired) electrons. The van der Waals surface area contributed by atoms with Crippen molar-refractivity contribution in [3.8, 4) is 0 Å². The summed E-state index contributed by atoms with van der Waals surface area (Å²) < 4.78 is 27.6. The average Bonchev–Trinajstić information content (AvgIpc) is 3.44. The van der Waals surface area contributed by atoms with Gasteiger partial charge in [0.1, 0.15) is 0 Å². The van der Waals surface area contributed by atoms with E-state index in [4.69, 9.17) is 0 Å². The molecule has 1 amide bonds. The van der Waals surface area contributed by atoms with Crippen molar-refractivity contribution in [2.75, 3.05) is 4.72 Å². The maximum atomic E-state index is 12.5. The van der Waals surface area contributed by atoms with Crippen LogP contribution in [0.5, 0.6) is 0 Å². The number of rotatable bonds is 6. The molecule has 2 heterocycles. The summed E-state index contributed by atoms with van der Waals surface area (Å²) in [7, 11) is -3.64. The van der Waals surface area contributed by atoms with Gasteiger partial charge >= 0.3 is 0 Å². The van der Waals surface area contributed by atoms with Gasteiger partial charge in [-0.2, -0.15) is 5.10 Å². The number of amides is 1. The first-order valence-corrected chi connectivity index (χ1v) is 12.0. The van der Waals surface area contributed by atoms with E-state index in [9.17, 15) is 13.2 Å². The highest BCUT2D eigenvalue weighted by atomic mass is 32.2. The van der Waals surface area contributed by atoms with Gasteiger partial charge in [-0.3, -0.25) is 9.52 Å². The predicted molar refractivity (Wildman–Crippen MR) is 119 cm³/mol. The molecule has 0 spiro atoms. The van der Waals surface area contributed by atoms with Gasteiger partial charge in [0.25, 0.3) is 10.0 Å². The second kappa shape index (κ2) is 8.41. The Hall–Kier alpha value is -2.97. The Kier molecular flexibility index (Phi) is 5.69. The maximum Gasteiger partial charge on any atom is 0.261 e. The van der Waals surface area contributed by atoms with Crippen LogP contribution >= 0.6 is 11.3 Å². The Morgan fingerprint density at radius 2 is 1.83 bits per heavy atom. The van der Waals surface area contributed by atoms with Gasteiger partial charge in [0.15, 0.2) is 0 Å². The van der Waals surface area contributed by atoms with Gasteiger partial charge in [0.2, 0.25) is 5.91 Å². The normalized spacial score (nSPS) is 16.4. The molecule has 1 atom stereocenters. The molecule has 1 aliphatic heterocycles. The van der Waals surface area contributed by atoms with Crippen molar-refractivity contribution in [2.24, 2.45) is 5.10 Å². The number of hydrogen-bond acceptors (Lipinski definition) is 5. The number of hydrogen-bond donors (Lipinski definition) is 1. The van der Waals surface area contributed by atoms with E-state index in [1.54, 1.807) is 58.8 Å². The number of carbonyl (C=O) groups excluding carboxylic acids is 1. The van der Waals surface area contributed by atoms with Gasteiger partial charge in [-0.1, -0.05) is 43.3 Å². The van der Waals surface area contributed by atoms with Gasteiger partial charge in [-0.15, -0.1) is 11.3 Å². The van der Waals surface area contributed by atoms with Crippen molar-refractivity contribution in [1.29, 1.82) is 0 Å². The molecule has 1 N–H and O–H groups in total. The molecule has 30 heavy (non-hydrogen) atoms. The molecule has 0 saturated heterocycles. The van der Waals surface area contributed by atoms with Crippen LogP contribution in [-0.2, 0) is 14.8 Å². The molecule has 154 valence electrons. The Balaban J connectivity index is 1.54. The van der Waals surface area contributed by atoms with E-state index >= 15 is 0 Å². The zero-order chi connectivity index (χ0) is 21.1. The second-order valence-electron chi connectivity index (χ2n) is 6.87. The number of thiophene rings is 1. The number of hydrazone groups is 1. The largest absolute Gasteiger partial charge is 0.280 e. The highest BCUT2D eigenvalue weighted by molar-refractivity contribution is 7.92. The van der Waals surface area contributed by atoms with Crippen molar-refractivity contribution < 1.29 is 13.2 Å². The number of nitrogens with zero attached hydrogens (tertiary/aromatic N) is 2. The zero-order valence-corrected chi connectivity index (χ0v) is 18.0. The SMILES string of the molecule is CCC(=O)N1N=C(c2ccc(NS(=O)(=O)c3ccccc3)cc2)C[C@@H]1c1cccs1. The Bertz CT molecular complexity index is 1160. The summed E-state index contributed by atoms with van der Waals surface area (Å²) in [5, 5.41) is 8.16. The van der Waals surface area contributed by atoms with Crippen molar-refractivity contribution in [3.05, 3.63) is 82.6 Å². The fraction of sp³-hybridized carbons (Fsp3) is 0.182. The number of carbonyl (C=O) groups is 1. The Morgan fingerprint density at radius 3 is 2.47 bits per heavy atom. The molecular formula is C22H21N3O3S2. The number of sulfonamides is 1. The van der Waals surface area contributed by atoms with Crippen molar-refractivity contribution in [1.82, 2.24) is 5.01 Å². The minimum atomic E-state index is -3.64. The van der Waals surface area contributed by atoms with Crippen LogP contribution in [0.1, 0.15) is 36.2 Å². The minimum absolute atomic E-state index is 0.0179. The van der Waals surface area contributed by atoms with Gasteiger partial charge in [0.05, 0.1) is 16.6 Å². The highest BCUT2D eigenvalue weighted by Crippen LogP contribution is 2.35. The minimum Gasteiger partial charge on any atom is -0.280 e. The van der Waals surface area contributed by atoms with Crippen LogP contribution in [0, 0.1) is 0 Å². The van der Waals surface area contributed by atoms with E-state index in [1.165, 1.54) is 0 Å². The topological polar surface area (TPSA) is 78.8 Å². The van der Waals surface area contributed by atoms with Crippen LogP contribution < -0.4 is 4.72 Å². The lowest BCUT2D eigenvalue weighted by Crippen LogP contribution is -2.25. The molecule has 0 unspecified atom stereocenters. The smallest absolute Gasteiger partial charge is 0.261 e. The highest BCUT2D eigenvalue weighted by Gasteiger charge is 2.32. The predicted octanol–water partition coefficient (Wildman–Crippen LogP) is 4.64. The van der Waals surface area contributed by atoms with Crippen LogP contribution in [0.3, 0.4) is 0 Å². The van der Waals surface area contributed by atoms with Crippen molar-refractivity contribution in [2.45, 2.75) is 30.7 Å². The maximum absolute atomic E-state index is 12.5. The van der Waals surface area contributed by atoms with Gasteiger partial charge in [-0.05, 0) is 41.3 Å². The molecule has 0 aliphatic carbocycles. The lowest BCUT2D eigenvalue weighted by atomic mass is 10.0. The van der Waals surface area contributed by atoms with Crippen molar-refractivity contribution in [3.63, 3.8) is 0 Å². The molecular weight excluding hydrogens is 418 g/mol. The molecule has 1 aromatic heterocycles. The van der Waals surface area contributed by atoms with E-state index in [1.807, 2.05) is 36.6 Å². The van der Waals surface area contributed by atoms with Crippen LogP contribution in [0.4, 0.5) is 5.69 Å². The number of nitrogens with one attached hydrogen (secondary N) is 1. The first-order valence-electron chi connectivity index (χ1n) is 9.59. The van der Waals surface area contributed by atoms with Gasteiger partial charge in [0, 0.05) is 23.4 Å². The number of anilines is 1. The van der Waals surface area contributed by atoms with Crippen LogP contribution in [0.25, 0.3) is 0 Å². The molecule has 2 aromatic carbocycles. The molecule has 4 rings (SSSR count). The van der Waals surface area contributed by atoms with Crippen LogP contribution in [-0.4, -0.2) is 25.0 Å². The van der Waals surface area contributed by atoms with Gasteiger partial charge in [-0.25, -0.2) is 13.4 Å². The quantitative estimate of drug-likeness (QED) is 0.608. The summed E-state index contributed by atoms with van der Waals surface area (Å²) in [5.41, 5.74) is 2.15. The monoisotopic (exact) mass is 439 g/mol. The molecule has 3 aromatic rings. The molecule has 8 heteroatoms. The molecule has 0 saturated carbocycles. The van der Waals surface area contributed by atoms with E-state index in [0.29, 0.717) is 18.5 Å². The number of benzene rings is 2. The summed E-state index contributed by atoms with van der Waals surface area (Å²) in [4.78, 5) is 13.7. The summed E-state index contributed by atoms with van der Waals surface area (Å²) in [6, 6.07) is 19.2. The van der Waals surface area contributed by atoms with Crippen LogP contribution in [0.2, 0.25) is 0 Å². The van der Waals surface area contributed by atoms with E-state index in [-0.39, 0.29) is 16.8 Å². The third kappa shape index (κ3) is 4.15.